The van der Waals surface area contributed by atoms with Crippen LogP contribution in [0.1, 0.15) is 24.3 Å². The van der Waals surface area contributed by atoms with Crippen LogP contribution in [-0.2, 0) is 5.60 Å². The minimum atomic E-state index is -0.755. The van der Waals surface area contributed by atoms with Gasteiger partial charge in [0.1, 0.15) is 0 Å². The van der Waals surface area contributed by atoms with Gasteiger partial charge in [-0.1, -0.05) is 0 Å². The molecule has 0 bridgehead atoms. The monoisotopic (exact) mass is 203 g/mol. The molecule has 0 saturated heterocycles. The lowest BCUT2D eigenvalue weighted by molar-refractivity contribution is 0.0783. The number of aryl methyl sites for hydroxylation is 1. The lowest BCUT2D eigenvalue weighted by Crippen LogP contribution is -2.15. The topological polar surface area (TPSA) is 46.2 Å². The van der Waals surface area contributed by atoms with Crippen molar-refractivity contribution in [3.63, 3.8) is 0 Å². The molecule has 12 heavy (non-hydrogen) atoms. The third-order valence-corrected chi connectivity index (χ3v) is 3.40. The molecule has 0 aromatic carbocycles. The summed E-state index contributed by atoms with van der Waals surface area (Å²) in [6, 6.07) is 1.95. The summed E-state index contributed by atoms with van der Waals surface area (Å²) in [5.74, 6) is 0. The summed E-state index contributed by atoms with van der Waals surface area (Å²) in [4.78, 5) is 1.13. The number of hydrogen-bond donors (Lipinski definition) is 2. The molecule has 1 heterocycles. The summed E-state index contributed by atoms with van der Waals surface area (Å²) in [7, 11) is 0. The van der Waals surface area contributed by atoms with Crippen molar-refractivity contribution >= 4 is 23.3 Å². The van der Waals surface area contributed by atoms with E-state index in [9.17, 15) is 5.11 Å². The molecule has 0 radical (unpaired) electrons. The van der Waals surface area contributed by atoms with Gasteiger partial charge in [-0.15, -0.1) is 11.3 Å². The van der Waals surface area contributed by atoms with Gasteiger partial charge >= 0.3 is 0 Å². The molecule has 0 aliphatic rings. The molecule has 1 rings (SSSR count). The normalized spacial score (nSPS) is 12.1. The predicted molar refractivity (Wildman–Crippen MR) is 54.3 cm³/mol. The minimum Gasteiger partial charge on any atom is -0.386 e. The van der Waals surface area contributed by atoms with E-state index in [4.69, 9.17) is 5.14 Å². The summed E-state index contributed by atoms with van der Waals surface area (Å²) in [6.07, 6.45) is 0. The Morgan fingerprint density at radius 2 is 2.17 bits per heavy atom. The van der Waals surface area contributed by atoms with Crippen LogP contribution in [0.5, 0.6) is 0 Å². The maximum Gasteiger partial charge on any atom is 0.0851 e. The number of aliphatic hydroxyl groups is 1. The standard InChI is InChI=1S/C8H13NOS2/c1-5-6(8(2,3)10)4-7(11-5)12-9/h4,10H,9H2,1-3H3. The highest BCUT2D eigenvalue weighted by Crippen LogP contribution is 2.33. The van der Waals surface area contributed by atoms with Crippen molar-refractivity contribution in [3.05, 3.63) is 16.5 Å². The van der Waals surface area contributed by atoms with Gasteiger partial charge in [-0.2, -0.15) is 0 Å². The molecule has 0 fully saturated rings. The van der Waals surface area contributed by atoms with Crippen molar-refractivity contribution < 1.29 is 5.11 Å². The first-order valence-electron chi connectivity index (χ1n) is 3.65. The van der Waals surface area contributed by atoms with Crippen molar-refractivity contribution in [2.24, 2.45) is 5.14 Å². The molecule has 0 amide bonds. The fourth-order valence-corrected chi connectivity index (χ4v) is 2.77. The number of nitrogens with two attached hydrogens (primary N) is 1. The Bertz CT molecular complexity index is 275. The molecule has 0 spiro atoms. The van der Waals surface area contributed by atoms with Crippen LogP contribution in [-0.4, -0.2) is 5.11 Å². The van der Waals surface area contributed by atoms with E-state index >= 15 is 0 Å². The van der Waals surface area contributed by atoms with Gasteiger partial charge in [0.25, 0.3) is 0 Å². The third kappa shape index (κ3) is 2.01. The molecular weight excluding hydrogens is 190 g/mol. The third-order valence-electron chi connectivity index (χ3n) is 1.67. The Balaban J connectivity index is 3.08. The van der Waals surface area contributed by atoms with Gasteiger partial charge in [-0.05, 0) is 44.3 Å². The minimum absolute atomic E-state index is 0.755. The summed E-state index contributed by atoms with van der Waals surface area (Å²) in [5.41, 5.74) is 0.217. The molecule has 1 aromatic heterocycles. The molecule has 4 heteroatoms. The summed E-state index contributed by atoms with van der Waals surface area (Å²) < 4.78 is 1.05. The molecule has 2 nitrogen and oxygen atoms in total. The molecule has 1 aromatic rings. The number of thiophene rings is 1. The molecule has 0 saturated carbocycles. The quantitative estimate of drug-likeness (QED) is 0.725. The van der Waals surface area contributed by atoms with E-state index in [1.807, 2.05) is 13.0 Å². The molecule has 0 atom stereocenters. The van der Waals surface area contributed by atoms with Crippen molar-refractivity contribution in [2.45, 2.75) is 30.6 Å². The molecular formula is C8H13NOS2. The van der Waals surface area contributed by atoms with Gasteiger partial charge in [0.2, 0.25) is 0 Å². The first-order valence-corrected chi connectivity index (χ1v) is 5.35. The zero-order chi connectivity index (χ0) is 9.35. The van der Waals surface area contributed by atoms with E-state index in [2.05, 4.69) is 0 Å². The fraction of sp³-hybridized carbons (Fsp3) is 0.500. The Kier molecular flexibility index (Phi) is 2.83. The van der Waals surface area contributed by atoms with Gasteiger partial charge in [0.15, 0.2) is 0 Å². The van der Waals surface area contributed by atoms with Gasteiger partial charge in [0, 0.05) is 4.88 Å². The average Bonchev–Trinajstić information content (AvgIpc) is 2.29. The largest absolute Gasteiger partial charge is 0.386 e. The Hall–Kier alpha value is -0.0300. The Morgan fingerprint density at radius 3 is 2.42 bits per heavy atom. The average molecular weight is 203 g/mol. The first-order chi connectivity index (χ1) is 5.45. The highest BCUT2D eigenvalue weighted by atomic mass is 32.2. The van der Waals surface area contributed by atoms with Crippen LogP contribution in [0.3, 0.4) is 0 Å². The molecule has 3 N–H and O–H groups in total. The van der Waals surface area contributed by atoms with Gasteiger partial charge in [-0.25, -0.2) is 0 Å². The summed E-state index contributed by atoms with van der Waals surface area (Å²) in [5, 5.41) is 15.2. The Labute approximate surface area is 80.9 Å². The lowest BCUT2D eigenvalue weighted by atomic mass is 10.00. The van der Waals surface area contributed by atoms with Crippen molar-refractivity contribution in [1.82, 2.24) is 0 Å². The van der Waals surface area contributed by atoms with Gasteiger partial charge in [-0.3, -0.25) is 5.14 Å². The van der Waals surface area contributed by atoms with Crippen LogP contribution in [0.4, 0.5) is 0 Å². The number of hydrogen-bond acceptors (Lipinski definition) is 4. The molecule has 0 aliphatic carbocycles. The molecule has 0 unspecified atom stereocenters. The highest BCUT2D eigenvalue weighted by molar-refractivity contribution is 7.99. The van der Waals surface area contributed by atoms with E-state index in [1.165, 1.54) is 11.9 Å². The second-order valence-electron chi connectivity index (χ2n) is 3.21. The van der Waals surface area contributed by atoms with E-state index in [1.54, 1.807) is 25.2 Å². The van der Waals surface area contributed by atoms with Gasteiger partial charge < -0.3 is 5.11 Å². The second kappa shape index (κ2) is 3.38. The smallest absolute Gasteiger partial charge is 0.0851 e. The van der Waals surface area contributed by atoms with E-state index in [0.29, 0.717) is 0 Å². The van der Waals surface area contributed by atoms with Crippen LogP contribution in [0.15, 0.2) is 10.3 Å². The van der Waals surface area contributed by atoms with Crippen LogP contribution < -0.4 is 5.14 Å². The van der Waals surface area contributed by atoms with E-state index in [0.717, 1.165) is 14.6 Å². The van der Waals surface area contributed by atoms with Crippen molar-refractivity contribution in [1.29, 1.82) is 0 Å². The van der Waals surface area contributed by atoms with E-state index < -0.39 is 5.60 Å². The molecule has 0 aliphatic heterocycles. The van der Waals surface area contributed by atoms with Crippen LogP contribution in [0, 0.1) is 6.92 Å². The van der Waals surface area contributed by atoms with Gasteiger partial charge in [0.05, 0.1) is 9.81 Å². The fourth-order valence-electron chi connectivity index (χ4n) is 1.12. The maximum absolute atomic E-state index is 9.74. The molecule has 68 valence electrons. The highest BCUT2D eigenvalue weighted by Gasteiger charge is 2.20. The first kappa shape index (κ1) is 10.1. The Morgan fingerprint density at radius 1 is 1.58 bits per heavy atom. The van der Waals surface area contributed by atoms with E-state index in [-0.39, 0.29) is 0 Å². The van der Waals surface area contributed by atoms with Crippen LogP contribution in [0.2, 0.25) is 0 Å². The lowest BCUT2D eigenvalue weighted by Gasteiger charge is -2.16. The summed E-state index contributed by atoms with van der Waals surface area (Å²) >= 11 is 2.85. The zero-order valence-corrected chi connectivity index (χ0v) is 9.05. The zero-order valence-electron chi connectivity index (χ0n) is 7.42. The second-order valence-corrected chi connectivity index (χ2v) is 5.40. The maximum atomic E-state index is 9.74. The SMILES string of the molecule is Cc1sc(SN)cc1C(C)(C)O. The summed E-state index contributed by atoms with van der Waals surface area (Å²) in [6.45, 7) is 5.57. The predicted octanol–water partition coefficient (Wildman–Crippen LogP) is 2.25. The van der Waals surface area contributed by atoms with Crippen molar-refractivity contribution in [2.75, 3.05) is 0 Å². The number of rotatable bonds is 2. The van der Waals surface area contributed by atoms with Crippen LogP contribution in [0.25, 0.3) is 0 Å². The van der Waals surface area contributed by atoms with Crippen molar-refractivity contribution in [3.8, 4) is 0 Å². The van der Waals surface area contributed by atoms with Crippen LogP contribution >= 0.6 is 23.3 Å².